The van der Waals surface area contributed by atoms with Crippen molar-refractivity contribution >= 4 is 17.7 Å². The second kappa shape index (κ2) is 9.15. The molecule has 7 heteroatoms. The minimum absolute atomic E-state index is 0.210. The summed E-state index contributed by atoms with van der Waals surface area (Å²) in [6.07, 6.45) is 4.67. The van der Waals surface area contributed by atoms with Crippen molar-refractivity contribution in [3.8, 4) is 0 Å². The lowest BCUT2D eigenvalue weighted by molar-refractivity contribution is 0.0586. The molecule has 0 aliphatic carbocycles. The van der Waals surface area contributed by atoms with Gasteiger partial charge in [0, 0.05) is 5.25 Å². The molecule has 1 rings (SSSR count). The van der Waals surface area contributed by atoms with Crippen LogP contribution in [0.5, 0.6) is 0 Å². The Kier molecular flexibility index (Phi) is 7.88. The number of rotatable bonds is 8. The first kappa shape index (κ1) is 19.8. The van der Waals surface area contributed by atoms with Crippen LogP contribution in [0.3, 0.4) is 0 Å². The first-order valence-electron chi connectivity index (χ1n) is 7.45. The van der Waals surface area contributed by atoms with E-state index in [4.69, 9.17) is 0 Å². The average molecular weight is 352 g/mol. The second-order valence-corrected chi connectivity index (χ2v) is 6.68. The molecule has 0 spiro atoms. The van der Waals surface area contributed by atoms with Crippen LogP contribution in [-0.4, -0.2) is 18.3 Å². The minimum Gasteiger partial charge on any atom is -0.465 e. The van der Waals surface area contributed by atoms with Crippen LogP contribution in [-0.2, 0) is 4.74 Å². The predicted octanol–water partition coefficient (Wildman–Crippen LogP) is 5.48. The van der Waals surface area contributed by atoms with Crippen LogP contribution in [0, 0.1) is 23.3 Å². The predicted molar refractivity (Wildman–Crippen MR) is 81.7 cm³/mol. The van der Waals surface area contributed by atoms with Crippen LogP contribution in [0.4, 0.5) is 17.6 Å². The Morgan fingerprint density at radius 2 is 1.61 bits per heavy atom. The highest BCUT2D eigenvalue weighted by Crippen LogP contribution is 2.35. The summed E-state index contributed by atoms with van der Waals surface area (Å²) < 4.78 is 59.8. The summed E-state index contributed by atoms with van der Waals surface area (Å²) in [5.41, 5.74) is -1.34. The van der Waals surface area contributed by atoms with Gasteiger partial charge in [-0.1, -0.05) is 39.5 Å². The number of unbranched alkanes of at least 4 members (excludes halogenated alkanes) is 3. The van der Waals surface area contributed by atoms with Crippen molar-refractivity contribution in [2.45, 2.75) is 56.1 Å². The SMILES string of the molecule is CCCCCCC(C)Sc1c(F)c(F)c(C(=O)OC)c(F)c1F. The number of carbonyl (C=O) groups is 1. The number of benzene rings is 1. The zero-order chi connectivity index (χ0) is 17.6. The molecule has 0 radical (unpaired) electrons. The molecule has 1 aromatic carbocycles. The molecule has 0 bridgehead atoms. The molecule has 0 amide bonds. The van der Waals surface area contributed by atoms with Gasteiger partial charge in [-0.3, -0.25) is 0 Å². The molecule has 0 N–H and O–H groups in total. The number of esters is 1. The molecule has 0 heterocycles. The van der Waals surface area contributed by atoms with Crippen LogP contribution in [0.1, 0.15) is 56.3 Å². The Hall–Kier alpha value is -1.24. The Balaban J connectivity index is 2.98. The number of carbonyl (C=O) groups excluding carboxylic acids is 1. The molecule has 23 heavy (non-hydrogen) atoms. The number of halogens is 4. The number of methoxy groups -OCH3 is 1. The van der Waals surface area contributed by atoms with E-state index < -0.39 is 39.7 Å². The molecule has 1 atom stereocenters. The molecular formula is C16H20F4O2S. The largest absolute Gasteiger partial charge is 0.465 e. The normalized spacial score (nSPS) is 12.3. The summed E-state index contributed by atoms with van der Waals surface area (Å²) in [6.45, 7) is 3.80. The summed E-state index contributed by atoms with van der Waals surface area (Å²) in [5.74, 6) is -8.03. The quantitative estimate of drug-likeness (QED) is 0.204. The Morgan fingerprint density at radius 3 is 2.09 bits per heavy atom. The first-order chi connectivity index (χ1) is 10.8. The van der Waals surface area contributed by atoms with Crippen molar-refractivity contribution in [1.82, 2.24) is 0 Å². The Bertz CT molecular complexity index is 534. The van der Waals surface area contributed by atoms with E-state index in [1.54, 1.807) is 6.92 Å². The van der Waals surface area contributed by atoms with Gasteiger partial charge in [-0.15, -0.1) is 11.8 Å². The Morgan fingerprint density at radius 1 is 1.04 bits per heavy atom. The molecule has 0 aliphatic heterocycles. The summed E-state index contributed by atoms with van der Waals surface area (Å²) in [6, 6.07) is 0. The van der Waals surface area contributed by atoms with Crippen LogP contribution in [0.25, 0.3) is 0 Å². The maximum Gasteiger partial charge on any atom is 0.344 e. The molecular weight excluding hydrogens is 332 g/mol. The number of hydrogen-bond acceptors (Lipinski definition) is 3. The highest BCUT2D eigenvalue weighted by molar-refractivity contribution is 8.00. The van der Waals surface area contributed by atoms with Crippen molar-refractivity contribution in [2.24, 2.45) is 0 Å². The Labute approximate surface area is 137 Å². The van der Waals surface area contributed by atoms with Crippen molar-refractivity contribution in [3.05, 3.63) is 28.8 Å². The minimum atomic E-state index is -1.73. The van der Waals surface area contributed by atoms with Crippen LogP contribution in [0.2, 0.25) is 0 Å². The van der Waals surface area contributed by atoms with E-state index in [1.165, 1.54) is 0 Å². The van der Waals surface area contributed by atoms with E-state index in [-0.39, 0.29) is 5.25 Å². The topological polar surface area (TPSA) is 26.3 Å². The van der Waals surface area contributed by atoms with E-state index in [9.17, 15) is 22.4 Å². The van der Waals surface area contributed by atoms with Crippen LogP contribution >= 0.6 is 11.8 Å². The van der Waals surface area contributed by atoms with Gasteiger partial charge >= 0.3 is 5.97 Å². The van der Waals surface area contributed by atoms with Gasteiger partial charge in [-0.2, -0.15) is 0 Å². The summed E-state index contributed by atoms with van der Waals surface area (Å²) in [7, 11) is 0.873. The van der Waals surface area contributed by atoms with Gasteiger partial charge in [0.15, 0.2) is 23.3 Å². The summed E-state index contributed by atoms with van der Waals surface area (Å²) >= 11 is 0.729. The van der Waals surface area contributed by atoms with Crippen LogP contribution < -0.4 is 0 Å². The van der Waals surface area contributed by atoms with E-state index in [1.807, 2.05) is 0 Å². The lowest BCUT2D eigenvalue weighted by Gasteiger charge is -2.14. The van der Waals surface area contributed by atoms with Gasteiger partial charge in [0.1, 0.15) is 5.56 Å². The molecule has 130 valence electrons. The lowest BCUT2D eigenvalue weighted by atomic mass is 10.1. The van der Waals surface area contributed by atoms with E-state index in [0.29, 0.717) is 6.42 Å². The number of ether oxygens (including phenoxy) is 1. The third kappa shape index (κ3) is 4.86. The fraction of sp³-hybridized carbons (Fsp3) is 0.562. The lowest BCUT2D eigenvalue weighted by Crippen LogP contribution is -2.13. The maximum atomic E-state index is 14.0. The molecule has 0 saturated heterocycles. The molecule has 0 aliphatic rings. The van der Waals surface area contributed by atoms with Crippen LogP contribution in [0.15, 0.2) is 4.90 Å². The third-order valence-corrected chi connectivity index (χ3v) is 4.63. The fourth-order valence-corrected chi connectivity index (χ4v) is 3.19. The van der Waals surface area contributed by atoms with Crippen molar-refractivity contribution in [1.29, 1.82) is 0 Å². The van der Waals surface area contributed by atoms with Gasteiger partial charge in [0.05, 0.1) is 12.0 Å². The highest BCUT2D eigenvalue weighted by Gasteiger charge is 2.30. The molecule has 0 aromatic heterocycles. The molecule has 2 nitrogen and oxygen atoms in total. The third-order valence-electron chi connectivity index (χ3n) is 3.40. The van der Waals surface area contributed by atoms with E-state index in [0.717, 1.165) is 44.6 Å². The van der Waals surface area contributed by atoms with Crippen molar-refractivity contribution in [2.75, 3.05) is 7.11 Å². The van der Waals surface area contributed by atoms with Crippen molar-refractivity contribution in [3.63, 3.8) is 0 Å². The summed E-state index contributed by atoms with van der Waals surface area (Å²) in [4.78, 5) is 10.5. The van der Waals surface area contributed by atoms with Gasteiger partial charge < -0.3 is 4.74 Å². The molecule has 0 fully saturated rings. The fourth-order valence-electron chi connectivity index (χ4n) is 2.11. The maximum absolute atomic E-state index is 14.0. The zero-order valence-electron chi connectivity index (χ0n) is 13.3. The zero-order valence-corrected chi connectivity index (χ0v) is 14.2. The molecule has 1 unspecified atom stereocenters. The van der Waals surface area contributed by atoms with Gasteiger partial charge in [-0.25, -0.2) is 22.4 Å². The molecule has 0 saturated carbocycles. The smallest absolute Gasteiger partial charge is 0.344 e. The monoisotopic (exact) mass is 352 g/mol. The molecule has 1 aromatic rings. The average Bonchev–Trinajstić information content (AvgIpc) is 2.53. The van der Waals surface area contributed by atoms with E-state index in [2.05, 4.69) is 11.7 Å². The van der Waals surface area contributed by atoms with Gasteiger partial charge in [-0.05, 0) is 6.42 Å². The van der Waals surface area contributed by atoms with Gasteiger partial charge in [0.2, 0.25) is 0 Å². The highest BCUT2D eigenvalue weighted by atomic mass is 32.2. The summed E-state index contributed by atoms with van der Waals surface area (Å²) in [5, 5.41) is -0.210. The first-order valence-corrected chi connectivity index (χ1v) is 8.33. The van der Waals surface area contributed by atoms with E-state index >= 15 is 0 Å². The second-order valence-electron chi connectivity index (χ2n) is 5.23. The number of thioether (sulfide) groups is 1. The van der Waals surface area contributed by atoms with Gasteiger partial charge in [0.25, 0.3) is 0 Å². The van der Waals surface area contributed by atoms with Crippen molar-refractivity contribution < 1.29 is 27.1 Å². The standard InChI is InChI=1S/C16H20F4O2S/c1-4-5-6-7-8-9(2)23-15-13(19)11(17)10(16(21)22-3)12(18)14(15)20/h9H,4-8H2,1-3H3. The number of hydrogen-bond donors (Lipinski definition) is 0.